The second kappa shape index (κ2) is 57.8. The number of carbonyl (C=O) groups excluding carboxylic acids is 1. The molecule has 19 heteroatoms. The molecule has 3 aliphatic heterocycles. The largest absolute Gasteiger partial charge is 0.394 e. The van der Waals surface area contributed by atoms with Crippen molar-refractivity contribution >= 4 is 5.91 Å². The molecule has 3 aliphatic rings. The van der Waals surface area contributed by atoms with Crippen LogP contribution >= 0.6 is 0 Å². The molecule has 3 heterocycles. The number of ether oxygens (including phenoxy) is 6. The molecule has 0 bridgehead atoms. The minimum Gasteiger partial charge on any atom is -0.394 e. The van der Waals surface area contributed by atoms with E-state index in [-0.39, 0.29) is 18.9 Å². The number of carbonyl (C=O) groups is 1. The number of hydrogen-bond acceptors (Lipinski definition) is 18. The molecular weight excluding hydrogens is 1230 g/mol. The number of aliphatic hydroxyl groups excluding tert-OH is 11. The van der Waals surface area contributed by atoms with Gasteiger partial charge in [-0.05, 0) is 83.5 Å². The quantitative estimate of drug-likeness (QED) is 0.0199. The number of allylic oxidation sites excluding steroid dienone is 11. The Kier molecular flexibility index (Phi) is 52.7. The third kappa shape index (κ3) is 38.3. The number of unbranched alkanes of at least 4 members (excludes halogenated alkanes) is 33. The lowest BCUT2D eigenvalue weighted by Gasteiger charge is -2.48. The fraction of sp³-hybridized carbons (Fsp3) is 0.831. The number of aliphatic hydroxyl groups is 11. The van der Waals surface area contributed by atoms with Gasteiger partial charge >= 0.3 is 0 Å². The zero-order valence-corrected chi connectivity index (χ0v) is 59.3. The van der Waals surface area contributed by atoms with Crippen LogP contribution in [0.4, 0.5) is 0 Å². The molecule has 0 radical (unpaired) electrons. The van der Waals surface area contributed by atoms with E-state index < -0.39 is 124 Å². The van der Waals surface area contributed by atoms with Crippen molar-refractivity contribution in [2.45, 2.75) is 381 Å². The van der Waals surface area contributed by atoms with E-state index in [1.54, 1.807) is 6.08 Å². The Bertz CT molecular complexity index is 2020. The van der Waals surface area contributed by atoms with Gasteiger partial charge in [0.2, 0.25) is 5.91 Å². The first-order chi connectivity index (χ1) is 46.8. The Morgan fingerprint density at radius 2 is 0.698 bits per heavy atom. The lowest BCUT2D eigenvalue weighted by Crippen LogP contribution is -2.66. The molecule has 3 rings (SSSR count). The normalized spacial score (nSPS) is 27.4. The summed E-state index contributed by atoms with van der Waals surface area (Å²) in [4.78, 5) is 13.4. The average molecular weight is 1360 g/mol. The summed E-state index contributed by atoms with van der Waals surface area (Å²) >= 11 is 0. The summed E-state index contributed by atoms with van der Waals surface area (Å²) in [6, 6.07) is -1.00. The van der Waals surface area contributed by atoms with Crippen LogP contribution in [0.1, 0.15) is 277 Å². The smallest absolute Gasteiger partial charge is 0.220 e. The van der Waals surface area contributed by atoms with Crippen LogP contribution in [-0.4, -0.2) is 193 Å². The summed E-state index contributed by atoms with van der Waals surface area (Å²) in [5.41, 5.74) is 0. The maximum absolute atomic E-state index is 13.4. The molecule has 3 fully saturated rings. The van der Waals surface area contributed by atoms with Crippen molar-refractivity contribution in [3.8, 4) is 0 Å². The monoisotopic (exact) mass is 1360 g/mol. The average Bonchev–Trinajstić information content (AvgIpc) is 0.787. The van der Waals surface area contributed by atoms with Crippen LogP contribution in [0.2, 0.25) is 0 Å². The van der Waals surface area contributed by atoms with Gasteiger partial charge in [0.05, 0.1) is 38.6 Å². The van der Waals surface area contributed by atoms with Crippen molar-refractivity contribution in [1.29, 1.82) is 0 Å². The number of rotatable bonds is 59. The van der Waals surface area contributed by atoms with Gasteiger partial charge in [-0.25, -0.2) is 0 Å². The highest BCUT2D eigenvalue weighted by Crippen LogP contribution is 2.33. The standard InChI is InChI=1S/C77H137NO18/c1-3-5-7-9-11-13-15-17-19-21-23-25-27-28-29-30-31-32-33-35-37-39-41-43-45-47-49-51-53-55-65(83)78-60(61(82)54-52-50-48-46-44-42-40-38-36-34-26-24-22-20-18-16-14-12-10-8-6-4-2)59-91-75-71(89)68(86)73(63(57-80)93-75)96-77-72(90)69(87)74(64(58-81)94-77)95-76-70(88)67(85)66(84)62(56-79)92-76/h15,17,21,23,27-28,36,38,44,46,52,54,60-64,66-77,79-82,84-90H,3-14,16,18-20,22,24-26,29-35,37,39-43,45,47-51,53,55-59H2,1-2H3,(H,78,83)/b17-15-,23-21-,28-27-,38-36+,46-44+,54-52+. The molecule has 0 spiro atoms. The molecule has 17 atom stereocenters. The van der Waals surface area contributed by atoms with Gasteiger partial charge in [0, 0.05) is 6.42 Å². The SMILES string of the molecule is CCCCCCC/C=C\C/C=C\C/C=C\CCCCCCCCCCCCCCCCC(=O)NC(COC1OC(CO)C(OC2OC(CO)C(OC3OC(CO)C(O)C(O)C3O)C(O)C2O)C(O)C1O)C(O)/C=C/CC/C=C/CC/C=C/CCCCCCCCCCCCCC. The number of nitrogens with one attached hydrogen (secondary N) is 1. The van der Waals surface area contributed by atoms with Crippen LogP contribution in [0, 0.1) is 0 Å². The molecular formula is C77H137NO18. The van der Waals surface area contributed by atoms with Crippen molar-refractivity contribution in [2.75, 3.05) is 26.4 Å². The second-order valence-corrected chi connectivity index (χ2v) is 27.1. The Hall–Kier alpha value is -2.77. The van der Waals surface area contributed by atoms with Gasteiger partial charge in [-0.2, -0.15) is 0 Å². The van der Waals surface area contributed by atoms with E-state index in [4.69, 9.17) is 28.4 Å². The van der Waals surface area contributed by atoms with E-state index in [1.807, 2.05) is 6.08 Å². The summed E-state index contributed by atoms with van der Waals surface area (Å²) in [7, 11) is 0. The molecule has 558 valence electrons. The molecule has 96 heavy (non-hydrogen) atoms. The van der Waals surface area contributed by atoms with E-state index >= 15 is 0 Å². The lowest BCUT2D eigenvalue weighted by atomic mass is 9.96. The number of amides is 1. The molecule has 19 nitrogen and oxygen atoms in total. The predicted octanol–water partition coefficient (Wildman–Crippen LogP) is 11.7. The maximum atomic E-state index is 13.4. The fourth-order valence-corrected chi connectivity index (χ4v) is 12.5. The predicted molar refractivity (Wildman–Crippen MR) is 378 cm³/mol. The lowest BCUT2D eigenvalue weighted by molar-refractivity contribution is -0.379. The van der Waals surface area contributed by atoms with Crippen molar-refractivity contribution in [1.82, 2.24) is 5.32 Å². The van der Waals surface area contributed by atoms with Crippen LogP contribution in [0.15, 0.2) is 72.9 Å². The topological polar surface area (TPSA) is 307 Å². The van der Waals surface area contributed by atoms with Crippen molar-refractivity contribution in [3.05, 3.63) is 72.9 Å². The minimum atomic E-state index is -1.99. The highest BCUT2D eigenvalue weighted by Gasteiger charge is 2.53. The molecule has 3 saturated heterocycles. The first kappa shape index (κ1) is 87.4. The fourth-order valence-electron chi connectivity index (χ4n) is 12.5. The van der Waals surface area contributed by atoms with Crippen LogP contribution in [0.5, 0.6) is 0 Å². The molecule has 0 aromatic rings. The Morgan fingerprint density at radius 1 is 0.375 bits per heavy atom. The third-order valence-electron chi connectivity index (χ3n) is 18.7. The second-order valence-electron chi connectivity index (χ2n) is 27.1. The summed E-state index contributed by atoms with van der Waals surface area (Å²) in [5, 5.41) is 121. The highest BCUT2D eigenvalue weighted by molar-refractivity contribution is 5.76. The minimum absolute atomic E-state index is 0.229. The van der Waals surface area contributed by atoms with Crippen LogP contribution in [0.25, 0.3) is 0 Å². The van der Waals surface area contributed by atoms with E-state index in [1.165, 1.54) is 186 Å². The molecule has 0 aromatic carbocycles. The van der Waals surface area contributed by atoms with Crippen molar-refractivity contribution < 1.29 is 89.4 Å². The Balaban J connectivity index is 1.41. The van der Waals surface area contributed by atoms with Crippen LogP contribution in [-0.2, 0) is 33.2 Å². The first-order valence-corrected chi connectivity index (χ1v) is 38.2. The van der Waals surface area contributed by atoms with Crippen molar-refractivity contribution in [2.24, 2.45) is 0 Å². The van der Waals surface area contributed by atoms with Gasteiger partial charge < -0.3 is 89.9 Å². The Labute approximate surface area is 578 Å². The van der Waals surface area contributed by atoms with Gasteiger partial charge in [-0.15, -0.1) is 0 Å². The summed E-state index contributed by atoms with van der Waals surface area (Å²) in [6.45, 7) is 1.71. The summed E-state index contributed by atoms with van der Waals surface area (Å²) in [6.07, 6.45) is 47.4. The van der Waals surface area contributed by atoms with Crippen molar-refractivity contribution in [3.63, 3.8) is 0 Å². The van der Waals surface area contributed by atoms with E-state index in [9.17, 15) is 61.0 Å². The van der Waals surface area contributed by atoms with Gasteiger partial charge in [-0.1, -0.05) is 260 Å². The molecule has 0 saturated carbocycles. The van der Waals surface area contributed by atoms with Crippen LogP contribution < -0.4 is 5.32 Å². The molecule has 0 aliphatic carbocycles. The summed E-state index contributed by atoms with van der Waals surface area (Å²) < 4.78 is 34.4. The van der Waals surface area contributed by atoms with Gasteiger partial charge in [0.15, 0.2) is 18.9 Å². The van der Waals surface area contributed by atoms with E-state index in [0.29, 0.717) is 12.8 Å². The van der Waals surface area contributed by atoms with Gasteiger partial charge in [0.25, 0.3) is 0 Å². The van der Waals surface area contributed by atoms with E-state index in [0.717, 1.165) is 57.8 Å². The zero-order valence-electron chi connectivity index (χ0n) is 59.3. The van der Waals surface area contributed by atoms with Crippen LogP contribution in [0.3, 0.4) is 0 Å². The summed E-state index contributed by atoms with van der Waals surface area (Å²) in [5.74, 6) is -0.290. The molecule has 12 N–H and O–H groups in total. The third-order valence-corrected chi connectivity index (χ3v) is 18.7. The number of hydrogen-bond donors (Lipinski definition) is 12. The highest BCUT2D eigenvalue weighted by atomic mass is 16.8. The zero-order chi connectivity index (χ0) is 69.6. The van der Waals surface area contributed by atoms with E-state index in [2.05, 4.69) is 79.9 Å². The first-order valence-electron chi connectivity index (χ1n) is 38.2. The van der Waals surface area contributed by atoms with Gasteiger partial charge in [-0.3, -0.25) is 4.79 Å². The molecule has 0 aromatic heterocycles. The maximum Gasteiger partial charge on any atom is 0.220 e. The van der Waals surface area contributed by atoms with Gasteiger partial charge in [0.1, 0.15) is 73.2 Å². The molecule has 17 unspecified atom stereocenters. The Morgan fingerprint density at radius 3 is 1.11 bits per heavy atom. The molecule has 1 amide bonds.